The molecule has 0 bridgehead atoms. The number of amides is 1. The first-order valence-electron chi connectivity index (χ1n) is 9.73. The van der Waals surface area contributed by atoms with Crippen LogP contribution in [0.25, 0.3) is 21.7 Å². The molecule has 0 fully saturated rings. The number of hydrogen-bond donors (Lipinski definition) is 1. The largest absolute Gasteiger partial charge is 0.464 e. The summed E-state index contributed by atoms with van der Waals surface area (Å²) in [6.07, 6.45) is 4.90. The van der Waals surface area contributed by atoms with E-state index in [2.05, 4.69) is 15.5 Å². The van der Waals surface area contributed by atoms with Crippen LogP contribution >= 0.6 is 0 Å². The van der Waals surface area contributed by atoms with Crippen molar-refractivity contribution in [1.82, 2.24) is 20.0 Å². The minimum atomic E-state index is -0.891. The number of esters is 1. The van der Waals surface area contributed by atoms with Crippen molar-refractivity contribution < 1.29 is 18.8 Å². The molecule has 2 aromatic carbocycles. The van der Waals surface area contributed by atoms with E-state index in [1.807, 2.05) is 44.2 Å². The first-order chi connectivity index (χ1) is 14.5. The van der Waals surface area contributed by atoms with Crippen molar-refractivity contribution in [1.29, 1.82) is 0 Å². The summed E-state index contributed by atoms with van der Waals surface area (Å²) in [5.41, 5.74) is 0.662. The molecule has 2 aromatic heterocycles. The van der Waals surface area contributed by atoms with E-state index in [4.69, 9.17) is 9.26 Å². The molecule has 1 amide bonds. The summed E-state index contributed by atoms with van der Waals surface area (Å²) < 4.78 is 12.5. The normalized spacial score (nSPS) is 12.4. The van der Waals surface area contributed by atoms with Crippen molar-refractivity contribution >= 4 is 33.6 Å². The van der Waals surface area contributed by atoms with E-state index in [0.717, 1.165) is 10.8 Å². The van der Waals surface area contributed by atoms with E-state index in [0.29, 0.717) is 11.0 Å². The molecule has 0 unspecified atom stereocenters. The summed E-state index contributed by atoms with van der Waals surface area (Å²) in [7, 11) is 0. The van der Waals surface area contributed by atoms with E-state index in [-0.39, 0.29) is 24.8 Å². The lowest BCUT2D eigenvalue weighted by Crippen LogP contribution is -2.45. The first kappa shape index (κ1) is 19.6. The maximum absolute atomic E-state index is 13.0. The molecule has 30 heavy (non-hydrogen) atoms. The number of hydrogen-bond acceptors (Lipinski definition) is 6. The number of benzene rings is 2. The van der Waals surface area contributed by atoms with Gasteiger partial charge in [0.25, 0.3) is 5.91 Å². The van der Waals surface area contributed by atoms with Crippen molar-refractivity contribution in [2.24, 2.45) is 5.92 Å². The number of aromatic nitrogens is 3. The van der Waals surface area contributed by atoms with Gasteiger partial charge in [-0.05, 0) is 17.4 Å². The summed E-state index contributed by atoms with van der Waals surface area (Å²) in [5, 5.41) is 9.15. The van der Waals surface area contributed by atoms with Gasteiger partial charge in [-0.15, -0.1) is 0 Å². The van der Waals surface area contributed by atoms with Crippen molar-refractivity contribution in [2.75, 3.05) is 6.61 Å². The number of imidazole rings is 1. The molecule has 8 heteroatoms. The summed E-state index contributed by atoms with van der Waals surface area (Å²) in [5.74, 6) is -0.828. The predicted molar refractivity (Wildman–Crippen MR) is 111 cm³/mol. The number of carbonyl (C=O) groups is 2. The van der Waals surface area contributed by atoms with Crippen LogP contribution in [0.5, 0.6) is 0 Å². The lowest BCUT2D eigenvalue weighted by atomic mass is 10.1. The highest BCUT2D eigenvalue weighted by molar-refractivity contribution is 6.12. The van der Waals surface area contributed by atoms with Gasteiger partial charge in [0.2, 0.25) is 0 Å². The molecule has 8 nitrogen and oxygen atoms in total. The highest BCUT2D eigenvalue weighted by Crippen LogP contribution is 2.27. The van der Waals surface area contributed by atoms with E-state index < -0.39 is 17.9 Å². The zero-order valence-corrected chi connectivity index (χ0v) is 16.7. The molecule has 0 aliphatic rings. The molecule has 2 heterocycles. The molecule has 0 aliphatic carbocycles. The van der Waals surface area contributed by atoms with Gasteiger partial charge in [0.15, 0.2) is 11.3 Å². The Bertz CT molecular complexity index is 1180. The van der Waals surface area contributed by atoms with Crippen molar-refractivity contribution in [3.05, 3.63) is 60.8 Å². The third kappa shape index (κ3) is 4.03. The zero-order chi connectivity index (χ0) is 21.1. The second-order valence-corrected chi connectivity index (χ2v) is 7.50. The quantitative estimate of drug-likeness (QED) is 0.473. The van der Waals surface area contributed by atoms with E-state index >= 15 is 0 Å². The molecule has 0 aliphatic heterocycles. The maximum Gasteiger partial charge on any atom is 0.330 e. The number of rotatable bonds is 7. The van der Waals surface area contributed by atoms with Crippen LogP contribution < -0.4 is 5.32 Å². The maximum atomic E-state index is 13.0. The van der Waals surface area contributed by atoms with Gasteiger partial charge in [-0.2, -0.15) is 0 Å². The van der Waals surface area contributed by atoms with Crippen LogP contribution in [0.3, 0.4) is 0 Å². The molecule has 1 N–H and O–H groups in total. The van der Waals surface area contributed by atoms with Crippen LogP contribution in [0.4, 0.5) is 0 Å². The van der Waals surface area contributed by atoms with Gasteiger partial charge in [0.05, 0.1) is 24.9 Å². The van der Waals surface area contributed by atoms with Gasteiger partial charge in [0, 0.05) is 17.8 Å². The van der Waals surface area contributed by atoms with Gasteiger partial charge >= 0.3 is 5.97 Å². The number of nitrogens with one attached hydrogen (secondary N) is 1. The van der Waals surface area contributed by atoms with Gasteiger partial charge in [-0.25, -0.2) is 9.78 Å². The van der Waals surface area contributed by atoms with Gasteiger partial charge in [-0.3, -0.25) is 4.79 Å². The minimum Gasteiger partial charge on any atom is -0.464 e. The fraction of sp³-hybridized carbons (Fsp3) is 0.273. The van der Waals surface area contributed by atoms with Crippen molar-refractivity contribution in [3.8, 4) is 0 Å². The highest BCUT2D eigenvalue weighted by Gasteiger charge is 2.26. The first-order valence-corrected chi connectivity index (χ1v) is 9.73. The Labute approximate surface area is 172 Å². The van der Waals surface area contributed by atoms with Crippen LogP contribution in [0.1, 0.15) is 24.3 Å². The third-order valence-corrected chi connectivity index (χ3v) is 4.68. The average Bonchev–Trinajstić information content (AvgIpc) is 3.41. The standard InChI is InChI=1S/C22H22N4O4/c1-14(2)12-29-22(28)18(11-26-10-9-23-13-26)24-21(27)19-17-8-7-15-5-3-4-6-16(15)20(17)30-25-19/h3-10,13-14,18H,11-12H2,1-2H3,(H,24,27)/t18-/m0/s1. The molecular formula is C22H22N4O4. The SMILES string of the molecule is CC(C)COC(=O)[C@H](Cn1ccnc1)NC(=O)c1noc2c1ccc1ccccc12. The fourth-order valence-corrected chi connectivity index (χ4v) is 3.19. The van der Waals surface area contributed by atoms with Crippen LogP contribution in [-0.2, 0) is 16.1 Å². The lowest BCUT2D eigenvalue weighted by Gasteiger charge is -2.18. The summed E-state index contributed by atoms with van der Waals surface area (Å²) in [6.45, 7) is 4.36. The lowest BCUT2D eigenvalue weighted by molar-refractivity contribution is -0.147. The van der Waals surface area contributed by atoms with Crippen LogP contribution in [-0.4, -0.2) is 39.2 Å². The molecule has 4 rings (SSSR count). The number of ether oxygens (including phenoxy) is 1. The zero-order valence-electron chi connectivity index (χ0n) is 16.7. The molecule has 4 aromatic rings. The Balaban J connectivity index is 1.60. The van der Waals surface area contributed by atoms with Crippen molar-refractivity contribution in [2.45, 2.75) is 26.4 Å². The Kier molecular flexibility index (Phi) is 5.47. The molecule has 0 saturated heterocycles. The summed E-state index contributed by atoms with van der Waals surface area (Å²) in [6, 6.07) is 10.5. The highest BCUT2D eigenvalue weighted by atomic mass is 16.5. The van der Waals surface area contributed by atoms with Crippen molar-refractivity contribution in [3.63, 3.8) is 0 Å². The van der Waals surface area contributed by atoms with Gasteiger partial charge < -0.3 is 19.1 Å². The second-order valence-electron chi connectivity index (χ2n) is 7.50. The summed E-state index contributed by atoms with van der Waals surface area (Å²) >= 11 is 0. The molecule has 1 atom stereocenters. The average molecular weight is 406 g/mol. The van der Waals surface area contributed by atoms with Gasteiger partial charge in [0.1, 0.15) is 6.04 Å². The van der Waals surface area contributed by atoms with Crippen LogP contribution in [0, 0.1) is 5.92 Å². The topological polar surface area (TPSA) is 99.2 Å². The Morgan fingerprint density at radius 3 is 2.77 bits per heavy atom. The predicted octanol–water partition coefficient (Wildman–Crippen LogP) is 3.18. The molecule has 0 spiro atoms. The number of nitrogens with zero attached hydrogens (tertiary/aromatic N) is 3. The molecule has 154 valence electrons. The fourth-order valence-electron chi connectivity index (χ4n) is 3.19. The summed E-state index contributed by atoms with van der Waals surface area (Å²) in [4.78, 5) is 29.6. The molecule has 0 radical (unpaired) electrons. The smallest absolute Gasteiger partial charge is 0.330 e. The Hall–Kier alpha value is -3.68. The molecule has 0 saturated carbocycles. The second kappa shape index (κ2) is 8.36. The third-order valence-electron chi connectivity index (χ3n) is 4.68. The monoisotopic (exact) mass is 406 g/mol. The minimum absolute atomic E-state index is 0.128. The van der Waals surface area contributed by atoms with Crippen LogP contribution in [0.15, 0.2) is 59.6 Å². The van der Waals surface area contributed by atoms with Crippen LogP contribution in [0.2, 0.25) is 0 Å². The van der Waals surface area contributed by atoms with E-state index in [9.17, 15) is 9.59 Å². The van der Waals surface area contributed by atoms with E-state index in [1.54, 1.807) is 29.4 Å². The van der Waals surface area contributed by atoms with E-state index in [1.165, 1.54) is 0 Å². The number of carbonyl (C=O) groups excluding carboxylic acids is 2. The van der Waals surface area contributed by atoms with Gasteiger partial charge in [-0.1, -0.05) is 49.3 Å². The number of fused-ring (bicyclic) bond motifs is 3. The Morgan fingerprint density at radius 1 is 1.17 bits per heavy atom. The molecular weight excluding hydrogens is 384 g/mol. The Morgan fingerprint density at radius 2 is 2.00 bits per heavy atom.